The van der Waals surface area contributed by atoms with Crippen molar-refractivity contribution in [3.05, 3.63) is 11.1 Å². The van der Waals surface area contributed by atoms with Crippen LogP contribution in [0.5, 0.6) is 0 Å². The predicted octanol–water partition coefficient (Wildman–Crippen LogP) is -0.401. The topological polar surface area (TPSA) is 89.9 Å². The fraction of sp³-hybridized carbons (Fsp3) is 0.545. The van der Waals surface area contributed by atoms with Crippen molar-refractivity contribution in [3.63, 3.8) is 0 Å². The maximum atomic E-state index is 11.7. The molecule has 0 aromatic carbocycles. The summed E-state index contributed by atoms with van der Waals surface area (Å²) in [5, 5.41) is 10.3. The highest BCUT2D eigenvalue weighted by Crippen LogP contribution is 2.39. The number of carbonyl (C=O) groups is 3. The third kappa shape index (κ3) is 1.64. The van der Waals surface area contributed by atoms with Crippen LogP contribution in [0.3, 0.4) is 0 Å². The lowest BCUT2D eigenvalue weighted by Gasteiger charge is -2.25. The van der Waals surface area contributed by atoms with Crippen molar-refractivity contribution in [1.29, 1.82) is 0 Å². The first-order valence-corrected chi connectivity index (χ1v) is 4.97. The molecule has 2 atom stereocenters. The van der Waals surface area contributed by atoms with E-state index in [0.29, 0.717) is 0 Å². The molecule has 0 saturated heterocycles. The molecular weight excluding hydrogens is 228 g/mol. The molecule has 2 unspecified atom stereocenters. The van der Waals surface area contributed by atoms with E-state index in [0.717, 1.165) is 14.2 Å². The molecular formula is C11H14O6. The minimum absolute atomic E-state index is 0.0252. The molecule has 0 spiro atoms. The second-order valence-corrected chi connectivity index (χ2v) is 3.84. The molecule has 94 valence electrons. The standard InChI is InChI=1S/C11H14O6/c1-5-7(9(13)16-3)11(15,10(14)17-4)6(2)8(5)12/h6,15H,1-4H3. The zero-order valence-corrected chi connectivity index (χ0v) is 10.1. The van der Waals surface area contributed by atoms with E-state index in [1.54, 1.807) is 0 Å². The lowest BCUT2D eigenvalue weighted by atomic mass is 9.87. The number of hydrogen-bond acceptors (Lipinski definition) is 6. The van der Waals surface area contributed by atoms with Crippen LogP contribution in [-0.4, -0.2) is 42.6 Å². The molecule has 1 aliphatic carbocycles. The smallest absolute Gasteiger partial charge is 0.343 e. The summed E-state index contributed by atoms with van der Waals surface area (Å²) in [7, 11) is 2.17. The molecule has 6 heteroatoms. The van der Waals surface area contributed by atoms with Crippen molar-refractivity contribution < 1.29 is 29.0 Å². The Bertz CT molecular complexity index is 422. The molecule has 6 nitrogen and oxygen atoms in total. The van der Waals surface area contributed by atoms with Crippen LogP contribution >= 0.6 is 0 Å². The Hall–Kier alpha value is -1.69. The van der Waals surface area contributed by atoms with Crippen LogP contribution < -0.4 is 0 Å². The molecule has 17 heavy (non-hydrogen) atoms. The Kier molecular flexibility index (Phi) is 3.38. The summed E-state index contributed by atoms with van der Waals surface area (Å²) in [4.78, 5) is 34.9. The third-order valence-electron chi connectivity index (χ3n) is 3.03. The first-order chi connectivity index (χ1) is 7.82. The number of allylic oxidation sites excluding steroid dienone is 1. The van der Waals surface area contributed by atoms with E-state index in [9.17, 15) is 19.5 Å². The average molecular weight is 242 g/mol. The zero-order chi connectivity index (χ0) is 13.4. The lowest BCUT2D eigenvalue weighted by molar-refractivity contribution is -0.166. The molecule has 0 amide bonds. The van der Waals surface area contributed by atoms with Crippen LogP contribution in [0.15, 0.2) is 11.1 Å². The van der Waals surface area contributed by atoms with Gasteiger partial charge < -0.3 is 14.6 Å². The monoisotopic (exact) mass is 242 g/mol. The van der Waals surface area contributed by atoms with Gasteiger partial charge in [0.2, 0.25) is 5.60 Å². The van der Waals surface area contributed by atoms with E-state index in [1.807, 2.05) is 0 Å². The third-order valence-corrected chi connectivity index (χ3v) is 3.03. The SMILES string of the molecule is COC(=O)C1=C(C)C(=O)C(C)C1(O)C(=O)OC. The van der Waals surface area contributed by atoms with Crippen LogP contribution in [-0.2, 0) is 23.9 Å². The Balaban J connectivity index is 3.42. The molecule has 0 saturated carbocycles. The summed E-state index contributed by atoms with van der Waals surface area (Å²) in [5.74, 6) is -3.49. The fourth-order valence-corrected chi connectivity index (χ4v) is 1.99. The second kappa shape index (κ2) is 4.29. The second-order valence-electron chi connectivity index (χ2n) is 3.84. The van der Waals surface area contributed by atoms with Gasteiger partial charge in [0.25, 0.3) is 0 Å². The molecule has 0 radical (unpaired) electrons. The minimum Gasteiger partial charge on any atom is -0.467 e. The van der Waals surface area contributed by atoms with Crippen LogP contribution in [0.1, 0.15) is 13.8 Å². The lowest BCUT2D eigenvalue weighted by Crippen LogP contribution is -2.48. The van der Waals surface area contributed by atoms with Crippen molar-refractivity contribution in [2.24, 2.45) is 5.92 Å². The van der Waals surface area contributed by atoms with E-state index >= 15 is 0 Å². The number of esters is 2. The van der Waals surface area contributed by atoms with Crippen LogP contribution in [0.2, 0.25) is 0 Å². The molecule has 0 aromatic rings. The molecule has 1 N–H and O–H groups in total. The largest absolute Gasteiger partial charge is 0.467 e. The number of aliphatic hydroxyl groups is 1. The predicted molar refractivity (Wildman–Crippen MR) is 55.9 cm³/mol. The number of rotatable bonds is 2. The van der Waals surface area contributed by atoms with Crippen molar-refractivity contribution >= 4 is 17.7 Å². The molecule has 0 bridgehead atoms. The maximum Gasteiger partial charge on any atom is 0.343 e. The number of ketones is 1. The van der Waals surface area contributed by atoms with Gasteiger partial charge in [-0.25, -0.2) is 9.59 Å². The molecule has 0 aromatic heterocycles. The van der Waals surface area contributed by atoms with Gasteiger partial charge >= 0.3 is 11.9 Å². The molecule has 1 aliphatic rings. The van der Waals surface area contributed by atoms with Crippen molar-refractivity contribution in [3.8, 4) is 0 Å². The highest BCUT2D eigenvalue weighted by molar-refractivity contribution is 6.16. The first-order valence-electron chi connectivity index (χ1n) is 4.97. The molecule has 1 rings (SSSR count). The van der Waals surface area contributed by atoms with Gasteiger partial charge in [-0.2, -0.15) is 0 Å². The summed E-state index contributed by atoms with van der Waals surface area (Å²) in [6, 6.07) is 0. The highest BCUT2D eigenvalue weighted by Gasteiger charge is 2.58. The quantitative estimate of drug-likeness (QED) is 0.662. The molecule has 0 aliphatic heterocycles. The summed E-state index contributed by atoms with van der Waals surface area (Å²) >= 11 is 0. The van der Waals surface area contributed by atoms with Crippen LogP contribution in [0, 0.1) is 5.92 Å². The van der Waals surface area contributed by atoms with Gasteiger partial charge in [-0.05, 0) is 6.92 Å². The van der Waals surface area contributed by atoms with E-state index in [4.69, 9.17) is 0 Å². The molecule has 0 fully saturated rings. The van der Waals surface area contributed by atoms with Gasteiger partial charge in [0.05, 0.1) is 25.7 Å². The Labute approximate surface area is 98.2 Å². The van der Waals surface area contributed by atoms with Gasteiger partial charge in [-0.15, -0.1) is 0 Å². The highest BCUT2D eigenvalue weighted by atomic mass is 16.5. The van der Waals surface area contributed by atoms with Gasteiger partial charge in [-0.1, -0.05) is 6.92 Å². The van der Waals surface area contributed by atoms with Gasteiger partial charge in [0.1, 0.15) is 0 Å². The first kappa shape index (κ1) is 13.4. The maximum absolute atomic E-state index is 11.7. The van der Waals surface area contributed by atoms with Gasteiger partial charge in [0, 0.05) is 5.57 Å². The Morgan fingerprint density at radius 1 is 1.29 bits per heavy atom. The van der Waals surface area contributed by atoms with Gasteiger partial charge in [0.15, 0.2) is 5.78 Å². The number of methoxy groups -OCH3 is 2. The Morgan fingerprint density at radius 2 is 1.82 bits per heavy atom. The van der Waals surface area contributed by atoms with E-state index < -0.39 is 29.2 Å². The van der Waals surface area contributed by atoms with Crippen molar-refractivity contribution in [2.75, 3.05) is 14.2 Å². The summed E-state index contributed by atoms with van der Waals surface area (Å²) in [6.07, 6.45) is 0. The summed E-state index contributed by atoms with van der Waals surface area (Å²) in [5.41, 5.74) is -2.58. The zero-order valence-electron chi connectivity index (χ0n) is 10.1. The summed E-state index contributed by atoms with van der Waals surface area (Å²) < 4.78 is 8.92. The number of hydrogen-bond donors (Lipinski definition) is 1. The Morgan fingerprint density at radius 3 is 2.24 bits per heavy atom. The van der Waals surface area contributed by atoms with Crippen LogP contribution in [0.4, 0.5) is 0 Å². The van der Waals surface area contributed by atoms with Crippen LogP contribution in [0.25, 0.3) is 0 Å². The molecule has 0 heterocycles. The van der Waals surface area contributed by atoms with Crippen molar-refractivity contribution in [1.82, 2.24) is 0 Å². The minimum atomic E-state index is -2.26. The van der Waals surface area contributed by atoms with E-state index in [1.165, 1.54) is 13.8 Å². The van der Waals surface area contributed by atoms with Gasteiger partial charge in [-0.3, -0.25) is 4.79 Å². The van der Waals surface area contributed by atoms with Crippen molar-refractivity contribution in [2.45, 2.75) is 19.4 Å². The number of Topliss-reactive ketones (excluding diaryl/α,β-unsaturated/α-hetero) is 1. The fourth-order valence-electron chi connectivity index (χ4n) is 1.99. The average Bonchev–Trinajstić information content (AvgIpc) is 2.50. The van der Waals surface area contributed by atoms with E-state index in [2.05, 4.69) is 9.47 Å². The normalized spacial score (nSPS) is 28.3. The summed E-state index contributed by atoms with van der Waals surface area (Å²) in [6.45, 7) is 2.73. The number of ether oxygens (including phenoxy) is 2. The van der Waals surface area contributed by atoms with E-state index in [-0.39, 0.29) is 11.1 Å². The number of carbonyl (C=O) groups excluding carboxylic acids is 3.